The van der Waals surface area contributed by atoms with E-state index in [2.05, 4.69) is 5.32 Å². The summed E-state index contributed by atoms with van der Waals surface area (Å²) in [5.41, 5.74) is 2.76. The van der Waals surface area contributed by atoms with Crippen molar-refractivity contribution in [1.29, 1.82) is 0 Å². The van der Waals surface area contributed by atoms with Gasteiger partial charge in [-0.05, 0) is 67.2 Å². The lowest BCUT2D eigenvalue weighted by Crippen LogP contribution is -2.34. The fourth-order valence-corrected chi connectivity index (χ4v) is 5.44. The third-order valence-electron chi connectivity index (χ3n) is 6.30. The average molecular weight is 524 g/mol. The summed E-state index contributed by atoms with van der Waals surface area (Å²) in [6.07, 6.45) is 1.19. The summed E-state index contributed by atoms with van der Waals surface area (Å²) in [5, 5.41) is 3.28. The molecule has 2 heterocycles. The molecule has 0 unspecified atom stereocenters. The smallest absolute Gasteiger partial charge is 0.255 e. The molecule has 0 saturated carbocycles. The van der Waals surface area contributed by atoms with Crippen LogP contribution >= 0.6 is 0 Å². The predicted octanol–water partition coefficient (Wildman–Crippen LogP) is 4.60. The van der Waals surface area contributed by atoms with E-state index < -0.39 is 10.0 Å². The van der Waals surface area contributed by atoms with Crippen LogP contribution in [0.25, 0.3) is 22.3 Å². The van der Waals surface area contributed by atoms with Gasteiger partial charge in [-0.15, -0.1) is 0 Å². The second-order valence-electron chi connectivity index (χ2n) is 9.02. The molecule has 192 valence electrons. The lowest BCUT2D eigenvalue weighted by atomic mass is 10.0. The molecule has 1 amide bonds. The van der Waals surface area contributed by atoms with E-state index >= 15 is 0 Å². The van der Waals surface area contributed by atoms with Crippen molar-refractivity contribution in [2.75, 3.05) is 37.7 Å². The molecule has 0 saturated heterocycles. The molecule has 1 aliphatic rings. The van der Waals surface area contributed by atoms with Crippen molar-refractivity contribution in [2.45, 2.75) is 6.54 Å². The highest BCUT2D eigenvalue weighted by atomic mass is 32.2. The molecule has 8 nitrogen and oxygen atoms in total. The van der Waals surface area contributed by atoms with Crippen molar-refractivity contribution in [3.63, 3.8) is 0 Å². The average Bonchev–Trinajstić information content (AvgIpc) is 3.13. The summed E-state index contributed by atoms with van der Waals surface area (Å²) in [7, 11) is -0.0380. The number of carbonyl (C=O) groups is 1. The van der Waals surface area contributed by atoms with Gasteiger partial charge in [0.1, 0.15) is 28.7 Å². The zero-order valence-corrected chi connectivity index (χ0v) is 21.4. The molecule has 4 aromatic rings. The van der Waals surface area contributed by atoms with E-state index in [0.29, 0.717) is 64.7 Å². The number of likely N-dealkylation sites (N-methyl/N-ethyl adjacent to an activating group) is 1. The first-order chi connectivity index (χ1) is 17.6. The topological polar surface area (TPSA) is 92.1 Å². The lowest BCUT2D eigenvalue weighted by Gasteiger charge is -2.22. The molecular formula is C27H26FN3O5S. The van der Waals surface area contributed by atoms with Crippen molar-refractivity contribution >= 4 is 32.6 Å². The van der Waals surface area contributed by atoms with E-state index in [4.69, 9.17) is 9.15 Å². The zero-order chi connectivity index (χ0) is 26.3. The molecule has 37 heavy (non-hydrogen) atoms. The largest absolute Gasteiger partial charge is 0.457 e. The van der Waals surface area contributed by atoms with Gasteiger partial charge in [0.15, 0.2) is 0 Å². The first kappa shape index (κ1) is 24.8. The first-order valence-electron chi connectivity index (χ1n) is 11.7. The van der Waals surface area contributed by atoms with Crippen LogP contribution in [0.4, 0.5) is 10.1 Å². The van der Waals surface area contributed by atoms with Gasteiger partial charge in [-0.25, -0.2) is 12.8 Å². The van der Waals surface area contributed by atoms with Crippen molar-refractivity contribution in [3.8, 4) is 22.8 Å². The first-order valence-corrected chi connectivity index (χ1v) is 13.5. The number of carbonyl (C=O) groups excluding carboxylic acids is 1. The van der Waals surface area contributed by atoms with E-state index in [1.54, 1.807) is 37.4 Å². The Morgan fingerprint density at radius 2 is 1.68 bits per heavy atom. The van der Waals surface area contributed by atoms with Crippen LogP contribution in [-0.4, -0.2) is 52.7 Å². The van der Waals surface area contributed by atoms with E-state index in [-0.39, 0.29) is 11.7 Å². The number of hydrogen-bond donors (Lipinski definition) is 1. The van der Waals surface area contributed by atoms with Gasteiger partial charge in [-0.3, -0.25) is 9.10 Å². The van der Waals surface area contributed by atoms with Crippen LogP contribution in [0, 0.1) is 5.82 Å². The highest BCUT2D eigenvalue weighted by Crippen LogP contribution is 2.39. The minimum Gasteiger partial charge on any atom is -0.457 e. The molecule has 0 fully saturated rings. The number of benzene rings is 3. The molecule has 1 aromatic heterocycles. The number of furan rings is 1. The molecule has 1 N–H and O–H groups in total. The quantitative estimate of drug-likeness (QED) is 0.411. The normalized spacial score (nSPS) is 14.3. The number of ether oxygens (including phenoxy) is 1. The fraction of sp³-hybridized carbons (Fsp3) is 0.222. The number of anilines is 1. The van der Waals surface area contributed by atoms with Crippen LogP contribution < -0.4 is 14.4 Å². The number of halogens is 1. The van der Waals surface area contributed by atoms with Crippen LogP contribution in [0.15, 0.2) is 65.1 Å². The Hall–Kier alpha value is -3.89. The van der Waals surface area contributed by atoms with Crippen molar-refractivity contribution in [1.82, 2.24) is 10.2 Å². The van der Waals surface area contributed by atoms with Gasteiger partial charge in [0.2, 0.25) is 10.0 Å². The highest BCUT2D eigenvalue weighted by molar-refractivity contribution is 7.92. The molecule has 5 rings (SSSR count). The Morgan fingerprint density at radius 3 is 2.30 bits per heavy atom. The van der Waals surface area contributed by atoms with Crippen LogP contribution in [0.1, 0.15) is 15.9 Å². The van der Waals surface area contributed by atoms with Gasteiger partial charge >= 0.3 is 0 Å². The number of hydrogen-bond acceptors (Lipinski definition) is 6. The number of sulfonamides is 1. The minimum absolute atomic E-state index is 0.317. The zero-order valence-electron chi connectivity index (χ0n) is 20.6. The summed E-state index contributed by atoms with van der Waals surface area (Å²) in [6, 6.07) is 16.2. The third-order valence-corrected chi connectivity index (χ3v) is 7.48. The summed E-state index contributed by atoms with van der Waals surface area (Å²) < 4.78 is 51.6. The summed E-state index contributed by atoms with van der Waals surface area (Å²) in [4.78, 5) is 15.0. The maximum atomic E-state index is 13.2. The highest BCUT2D eigenvalue weighted by Gasteiger charge is 2.28. The third kappa shape index (κ3) is 4.90. The van der Waals surface area contributed by atoms with Gasteiger partial charge in [0.25, 0.3) is 5.91 Å². The van der Waals surface area contributed by atoms with E-state index in [1.807, 2.05) is 18.0 Å². The van der Waals surface area contributed by atoms with E-state index in [9.17, 15) is 17.6 Å². The molecule has 0 bridgehead atoms. The molecule has 1 aliphatic heterocycles. The summed E-state index contributed by atoms with van der Waals surface area (Å²) in [5.74, 6) is 0.722. The van der Waals surface area contributed by atoms with E-state index in [1.165, 1.54) is 34.8 Å². The molecular weight excluding hydrogens is 497 g/mol. The van der Waals surface area contributed by atoms with Gasteiger partial charge < -0.3 is 19.4 Å². The number of fused-ring (bicyclic) bond motifs is 2. The van der Waals surface area contributed by atoms with Crippen LogP contribution in [0.5, 0.6) is 11.5 Å². The van der Waals surface area contributed by atoms with Crippen molar-refractivity contribution < 1.29 is 26.8 Å². The molecule has 10 heteroatoms. The number of nitrogens with zero attached hydrogens (tertiary/aromatic N) is 2. The van der Waals surface area contributed by atoms with Crippen LogP contribution in [0.3, 0.4) is 0 Å². The number of nitrogens with one attached hydrogen (secondary N) is 1. The van der Waals surface area contributed by atoms with Gasteiger partial charge in [0.05, 0.1) is 17.5 Å². The fourth-order valence-electron chi connectivity index (χ4n) is 4.50. The molecule has 0 atom stereocenters. The van der Waals surface area contributed by atoms with Gasteiger partial charge in [-0.2, -0.15) is 0 Å². The minimum atomic E-state index is -3.51. The van der Waals surface area contributed by atoms with Crippen LogP contribution in [0.2, 0.25) is 0 Å². The molecule has 0 aliphatic carbocycles. The Balaban J connectivity index is 1.60. The van der Waals surface area contributed by atoms with Crippen molar-refractivity contribution in [2.24, 2.45) is 0 Å². The Kier molecular flexibility index (Phi) is 6.38. The second kappa shape index (κ2) is 9.53. The summed E-state index contributed by atoms with van der Waals surface area (Å²) >= 11 is 0. The maximum Gasteiger partial charge on any atom is 0.255 e. The molecule has 0 spiro atoms. The monoisotopic (exact) mass is 523 g/mol. The SMILES string of the molecule is CNC(=O)c1c(-c2ccc(Oc3ccc(F)cc3)cc2)oc2cc3c(cc12)CN(C)CCN3S(C)(=O)=O. The maximum absolute atomic E-state index is 13.2. The Labute approximate surface area is 214 Å². The standard InChI is InChI=1S/C27H26FN3O5S/c1-29-27(32)25-22-14-18-16-30(2)12-13-31(37(3,33)34)23(18)15-24(22)36-26(25)17-4-8-20(9-5-17)35-21-10-6-19(28)7-11-21/h4-11,14-15H,12-13,16H2,1-3H3,(H,29,32). The summed E-state index contributed by atoms with van der Waals surface area (Å²) in [6.45, 7) is 1.42. The van der Waals surface area contributed by atoms with Gasteiger partial charge in [0, 0.05) is 43.7 Å². The lowest BCUT2D eigenvalue weighted by molar-refractivity contribution is 0.0964. The number of amides is 1. The molecule has 0 radical (unpaired) electrons. The van der Waals surface area contributed by atoms with Crippen LogP contribution in [-0.2, 0) is 16.6 Å². The Bertz CT molecular complexity index is 1580. The number of rotatable bonds is 5. The second-order valence-corrected chi connectivity index (χ2v) is 10.9. The predicted molar refractivity (Wildman–Crippen MR) is 140 cm³/mol. The van der Waals surface area contributed by atoms with Crippen molar-refractivity contribution in [3.05, 3.63) is 77.6 Å². The van der Waals surface area contributed by atoms with Gasteiger partial charge in [-0.1, -0.05) is 0 Å². The Morgan fingerprint density at radius 1 is 1.03 bits per heavy atom. The molecule has 3 aromatic carbocycles. The van der Waals surface area contributed by atoms with E-state index in [0.717, 1.165) is 5.56 Å².